The first-order valence-corrected chi connectivity index (χ1v) is 6.66. The molecule has 0 aliphatic heterocycles. The van der Waals surface area contributed by atoms with E-state index in [4.69, 9.17) is 0 Å². The molecule has 1 unspecified atom stereocenters. The van der Waals surface area contributed by atoms with Crippen LogP contribution in [0, 0.1) is 17.0 Å². The van der Waals surface area contributed by atoms with Crippen LogP contribution in [0.2, 0.25) is 0 Å². The summed E-state index contributed by atoms with van der Waals surface area (Å²) in [6.07, 6.45) is 1.59. The summed E-state index contributed by atoms with van der Waals surface area (Å²) in [4.78, 5) is 10.9. The standard InChI is InChI=1S/C12H19N7O2/c1-7(2)18-12(10(19(20)21)8(3)16-18)14-9(4)11-15-13-6-17(11)5/h6-7,9,14H,1-5H3. The van der Waals surface area contributed by atoms with Crippen LogP contribution in [0.25, 0.3) is 0 Å². The highest BCUT2D eigenvalue weighted by Crippen LogP contribution is 2.32. The van der Waals surface area contributed by atoms with Gasteiger partial charge >= 0.3 is 5.69 Å². The highest BCUT2D eigenvalue weighted by Gasteiger charge is 2.28. The second-order valence-electron chi connectivity index (χ2n) is 5.24. The summed E-state index contributed by atoms with van der Waals surface area (Å²) >= 11 is 0. The monoisotopic (exact) mass is 293 g/mol. The Morgan fingerprint density at radius 3 is 2.52 bits per heavy atom. The predicted octanol–water partition coefficient (Wildman–Crippen LogP) is 1.98. The SMILES string of the molecule is Cc1nn(C(C)C)c(NC(C)c2nncn2C)c1[N+](=O)[O-]. The summed E-state index contributed by atoms with van der Waals surface area (Å²) in [6, 6.07) is -0.226. The fraction of sp³-hybridized carbons (Fsp3) is 0.583. The van der Waals surface area contributed by atoms with Gasteiger partial charge in [-0.05, 0) is 27.7 Å². The number of hydrogen-bond acceptors (Lipinski definition) is 6. The maximum Gasteiger partial charge on any atom is 0.333 e. The summed E-state index contributed by atoms with van der Waals surface area (Å²) in [7, 11) is 1.83. The molecule has 0 saturated carbocycles. The molecule has 0 aliphatic carbocycles. The van der Waals surface area contributed by atoms with Crippen LogP contribution in [0.1, 0.15) is 44.4 Å². The zero-order valence-corrected chi connectivity index (χ0v) is 12.7. The summed E-state index contributed by atoms with van der Waals surface area (Å²) < 4.78 is 3.40. The highest BCUT2D eigenvalue weighted by molar-refractivity contribution is 5.60. The zero-order valence-electron chi connectivity index (χ0n) is 12.7. The van der Waals surface area contributed by atoms with Gasteiger partial charge in [-0.2, -0.15) is 5.10 Å². The molecule has 114 valence electrons. The molecule has 2 aromatic heterocycles. The number of anilines is 1. The van der Waals surface area contributed by atoms with E-state index in [0.29, 0.717) is 17.3 Å². The lowest BCUT2D eigenvalue weighted by Crippen LogP contribution is -2.16. The van der Waals surface area contributed by atoms with Gasteiger partial charge in [-0.3, -0.25) is 10.1 Å². The molecule has 0 radical (unpaired) electrons. The molecule has 0 aromatic carbocycles. The molecule has 0 fully saturated rings. The molecule has 2 heterocycles. The molecule has 0 bridgehead atoms. The number of aryl methyl sites for hydroxylation is 2. The lowest BCUT2D eigenvalue weighted by atomic mass is 10.3. The van der Waals surface area contributed by atoms with E-state index in [2.05, 4.69) is 20.6 Å². The molecule has 0 spiro atoms. The van der Waals surface area contributed by atoms with Crippen LogP contribution in [0.4, 0.5) is 11.5 Å². The maximum atomic E-state index is 11.3. The highest BCUT2D eigenvalue weighted by atomic mass is 16.6. The van der Waals surface area contributed by atoms with E-state index in [1.54, 1.807) is 22.5 Å². The zero-order chi connectivity index (χ0) is 15.7. The lowest BCUT2D eigenvalue weighted by Gasteiger charge is -2.16. The Morgan fingerprint density at radius 1 is 1.38 bits per heavy atom. The molecule has 9 nitrogen and oxygen atoms in total. The average Bonchev–Trinajstić information content (AvgIpc) is 2.93. The van der Waals surface area contributed by atoms with Crippen LogP contribution in [0.3, 0.4) is 0 Å². The minimum absolute atomic E-state index is 0.00211. The first kappa shape index (κ1) is 14.9. The number of hydrogen-bond donors (Lipinski definition) is 1. The van der Waals surface area contributed by atoms with Gasteiger partial charge in [-0.1, -0.05) is 0 Å². The third-order valence-electron chi connectivity index (χ3n) is 3.21. The van der Waals surface area contributed by atoms with E-state index in [1.165, 1.54) is 0 Å². The van der Waals surface area contributed by atoms with Crippen molar-refractivity contribution in [1.29, 1.82) is 0 Å². The quantitative estimate of drug-likeness (QED) is 0.667. The fourth-order valence-electron chi connectivity index (χ4n) is 2.22. The predicted molar refractivity (Wildman–Crippen MR) is 77.0 cm³/mol. The van der Waals surface area contributed by atoms with Crippen molar-refractivity contribution < 1.29 is 4.92 Å². The molecule has 2 rings (SSSR count). The van der Waals surface area contributed by atoms with Crippen LogP contribution in [0.5, 0.6) is 0 Å². The number of nitrogens with zero attached hydrogens (tertiary/aromatic N) is 6. The van der Waals surface area contributed by atoms with E-state index < -0.39 is 4.92 Å². The van der Waals surface area contributed by atoms with Crippen molar-refractivity contribution in [3.05, 3.63) is 28.0 Å². The summed E-state index contributed by atoms with van der Waals surface area (Å²) in [5, 5.41) is 26.5. The number of rotatable bonds is 5. The van der Waals surface area contributed by atoms with Crippen LogP contribution in [-0.2, 0) is 7.05 Å². The van der Waals surface area contributed by atoms with Crippen molar-refractivity contribution in [2.24, 2.45) is 7.05 Å². The largest absolute Gasteiger partial charge is 0.355 e. The summed E-state index contributed by atoms with van der Waals surface area (Å²) in [5.74, 6) is 1.08. The van der Waals surface area contributed by atoms with Crippen molar-refractivity contribution in [3.8, 4) is 0 Å². The lowest BCUT2D eigenvalue weighted by molar-refractivity contribution is -0.384. The van der Waals surface area contributed by atoms with Crippen molar-refractivity contribution in [2.75, 3.05) is 5.32 Å². The molecule has 21 heavy (non-hydrogen) atoms. The van der Waals surface area contributed by atoms with Gasteiger partial charge in [-0.25, -0.2) is 4.68 Å². The van der Waals surface area contributed by atoms with Crippen LogP contribution in [0.15, 0.2) is 6.33 Å². The van der Waals surface area contributed by atoms with Gasteiger partial charge in [-0.15, -0.1) is 10.2 Å². The molecule has 0 aliphatic rings. The minimum Gasteiger partial charge on any atom is -0.355 e. The molecular formula is C12H19N7O2. The Kier molecular flexibility index (Phi) is 3.92. The van der Waals surface area contributed by atoms with Gasteiger partial charge in [0, 0.05) is 13.1 Å². The number of aromatic nitrogens is 5. The molecule has 1 N–H and O–H groups in total. The Balaban J connectivity index is 2.43. The second kappa shape index (κ2) is 5.51. The molecule has 0 amide bonds. The number of nitro groups is 1. The van der Waals surface area contributed by atoms with Crippen LogP contribution in [-0.4, -0.2) is 29.5 Å². The van der Waals surface area contributed by atoms with Gasteiger partial charge in [0.05, 0.1) is 11.0 Å². The maximum absolute atomic E-state index is 11.3. The first-order valence-electron chi connectivity index (χ1n) is 6.66. The van der Waals surface area contributed by atoms with E-state index in [0.717, 1.165) is 0 Å². The minimum atomic E-state index is -0.410. The normalized spacial score (nSPS) is 12.7. The Bertz CT molecular complexity index is 659. The van der Waals surface area contributed by atoms with Crippen molar-refractivity contribution in [1.82, 2.24) is 24.5 Å². The van der Waals surface area contributed by atoms with E-state index in [9.17, 15) is 10.1 Å². The van der Waals surface area contributed by atoms with Crippen molar-refractivity contribution >= 4 is 11.5 Å². The summed E-state index contributed by atoms with van der Waals surface area (Å²) in [6.45, 7) is 7.36. The Labute approximate surface area is 122 Å². The van der Waals surface area contributed by atoms with Crippen molar-refractivity contribution in [3.63, 3.8) is 0 Å². The summed E-state index contributed by atoms with van der Waals surface area (Å²) in [5.41, 5.74) is 0.388. The Hall–Kier alpha value is -2.45. The van der Waals surface area contributed by atoms with Crippen molar-refractivity contribution in [2.45, 2.75) is 39.8 Å². The molecule has 2 aromatic rings. The van der Waals surface area contributed by atoms with E-state index in [1.807, 2.05) is 27.8 Å². The van der Waals surface area contributed by atoms with Gasteiger partial charge in [0.15, 0.2) is 5.82 Å². The van der Waals surface area contributed by atoms with E-state index >= 15 is 0 Å². The third-order valence-corrected chi connectivity index (χ3v) is 3.21. The average molecular weight is 293 g/mol. The smallest absolute Gasteiger partial charge is 0.333 e. The first-order chi connectivity index (χ1) is 9.82. The van der Waals surface area contributed by atoms with Crippen LogP contribution >= 0.6 is 0 Å². The molecular weight excluding hydrogens is 274 g/mol. The molecule has 1 atom stereocenters. The van der Waals surface area contributed by atoms with E-state index in [-0.39, 0.29) is 17.8 Å². The van der Waals surface area contributed by atoms with Gasteiger partial charge < -0.3 is 9.88 Å². The van der Waals surface area contributed by atoms with Crippen LogP contribution < -0.4 is 5.32 Å². The second-order valence-corrected chi connectivity index (χ2v) is 5.24. The molecule has 0 saturated heterocycles. The molecule has 9 heteroatoms. The number of nitrogens with one attached hydrogen (secondary N) is 1. The fourth-order valence-corrected chi connectivity index (χ4v) is 2.22. The topological polar surface area (TPSA) is 104 Å². The van der Waals surface area contributed by atoms with Gasteiger partial charge in [0.25, 0.3) is 0 Å². The van der Waals surface area contributed by atoms with Gasteiger partial charge in [0.2, 0.25) is 5.82 Å². The van der Waals surface area contributed by atoms with Gasteiger partial charge in [0.1, 0.15) is 12.0 Å². The Morgan fingerprint density at radius 2 is 2.05 bits per heavy atom. The third kappa shape index (κ3) is 2.71.